The molecule has 0 atom stereocenters. The predicted octanol–water partition coefficient (Wildman–Crippen LogP) is 1.04. The Kier molecular flexibility index (Phi) is 5.44. The lowest BCUT2D eigenvalue weighted by atomic mass is 10.3. The smallest absolute Gasteiger partial charge is 0.325 e. The van der Waals surface area contributed by atoms with E-state index in [2.05, 4.69) is 16.2 Å². The second kappa shape index (κ2) is 6.85. The summed E-state index contributed by atoms with van der Waals surface area (Å²) in [5.74, 6) is -0.724. The number of carbonyl (C=O) groups is 2. The first-order valence-corrected chi connectivity index (χ1v) is 6.22. The molecule has 18 heavy (non-hydrogen) atoms. The molecule has 0 aliphatic carbocycles. The third-order valence-corrected chi connectivity index (χ3v) is 2.92. The molecular weight excluding hydrogens is 254 g/mol. The maximum atomic E-state index is 12.2. The molecule has 0 saturated heterocycles. The molecule has 1 amide bonds. The number of carbonyl (C=O) groups excluding carboxylic acids is 2. The molecule has 0 fully saturated rings. The van der Waals surface area contributed by atoms with Crippen LogP contribution in [0.5, 0.6) is 0 Å². The third-order valence-electron chi connectivity index (χ3n) is 2.11. The zero-order valence-electron chi connectivity index (χ0n) is 10.4. The molecule has 0 radical (unpaired) electrons. The van der Waals surface area contributed by atoms with Gasteiger partial charge in [0.25, 0.3) is 5.91 Å². The fourth-order valence-electron chi connectivity index (χ4n) is 1.31. The average molecular weight is 269 g/mol. The Labute approximate surface area is 109 Å². The van der Waals surface area contributed by atoms with E-state index in [-0.39, 0.29) is 25.6 Å². The number of hydrogen-bond donors (Lipinski definition) is 0. The Bertz CT molecular complexity index is 444. The van der Waals surface area contributed by atoms with Gasteiger partial charge in [0.2, 0.25) is 0 Å². The summed E-state index contributed by atoms with van der Waals surface area (Å²) < 4.78 is 8.52. The highest BCUT2D eigenvalue weighted by Gasteiger charge is 2.22. The largest absolute Gasteiger partial charge is 0.465 e. The minimum atomic E-state index is -0.442. The summed E-state index contributed by atoms with van der Waals surface area (Å²) in [5.41, 5.74) is 0.558. The highest BCUT2D eigenvalue weighted by molar-refractivity contribution is 7.07. The van der Waals surface area contributed by atoms with Crippen LogP contribution in [0.4, 0.5) is 0 Å². The molecule has 1 aromatic heterocycles. The SMILES string of the molecule is C=CCN(CC(=O)OCC)C(=O)c1snnc1C. The maximum Gasteiger partial charge on any atom is 0.325 e. The van der Waals surface area contributed by atoms with E-state index >= 15 is 0 Å². The van der Waals surface area contributed by atoms with Gasteiger partial charge in [-0.05, 0) is 25.4 Å². The maximum absolute atomic E-state index is 12.2. The van der Waals surface area contributed by atoms with Gasteiger partial charge in [0, 0.05) is 6.54 Å². The van der Waals surface area contributed by atoms with Gasteiger partial charge in [-0.15, -0.1) is 11.7 Å². The Morgan fingerprint density at radius 3 is 2.78 bits per heavy atom. The van der Waals surface area contributed by atoms with Gasteiger partial charge in [0.05, 0.1) is 12.3 Å². The molecule has 0 aliphatic rings. The van der Waals surface area contributed by atoms with Crippen LogP contribution in [0.1, 0.15) is 22.3 Å². The number of esters is 1. The number of ether oxygens (including phenoxy) is 1. The minimum absolute atomic E-state index is 0.101. The summed E-state index contributed by atoms with van der Waals surface area (Å²) in [6, 6.07) is 0. The van der Waals surface area contributed by atoms with Crippen molar-refractivity contribution in [3.8, 4) is 0 Å². The van der Waals surface area contributed by atoms with Crippen molar-refractivity contribution in [1.29, 1.82) is 0 Å². The van der Waals surface area contributed by atoms with Gasteiger partial charge in [-0.25, -0.2) is 0 Å². The molecule has 7 heteroatoms. The lowest BCUT2D eigenvalue weighted by Crippen LogP contribution is -2.36. The van der Waals surface area contributed by atoms with Crippen molar-refractivity contribution in [3.05, 3.63) is 23.2 Å². The molecule has 98 valence electrons. The number of aryl methyl sites for hydroxylation is 1. The van der Waals surface area contributed by atoms with Gasteiger partial charge in [0.1, 0.15) is 11.4 Å². The molecule has 0 spiro atoms. The van der Waals surface area contributed by atoms with Crippen LogP contribution in [-0.2, 0) is 9.53 Å². The van der Waals surface area contributed by atoms with Crippen LogP contribution in [0.2, 0.25) is 0 Å². The zero-order chi connectivity index (χ0) is 13.5. The first-order valence-electron chi connectivity index (χ1n) is 5.44. The Morgan fingerprint density at radius 1 is 1.56 bits per heavy atom. The Hall–Kier alpha value is -1.76. The summed E-state index contributed by atoms with van der Waals surface area (Å²) in [5, 5.41) is 3.77. The molecule has 1 heterocycles. The van der Waals surface area contributed by atoms with Crippen LogP contribution in [-0.4, -0.2) is 46.1 Å². The van der Waals surface area contributed by atoms with E-state index in [4.69, 9.17) is 4.74 Å². The van der Waals surface area contributed by atoms with Crippen LogP contribution in [0, 0.1) is 6.92 Å². The molecule has 0 aliphatic heterocycles. The van der Waals surface area contributed by atoms with Crippen LogP contribution in [0.15, 0.2) is 12.7 Å². The van der Waals surface area contributed by atoms with Crippen molar-refractivity contribution >= 4 is 23.4 Å². The summed E-state index contributed by atoms with van der Waals surface area (Å²) in [4.78, 5) is 25.4. The second-order valence-corrected chi connectivity index (χ2v) is 4.22. The molecule has 1 aromatic rings. The average Bonchev–Trinajstić information content (AvgIpc) is 2.74. The quantitative estimate of drug-likeness (QED) is 0.570. The van der Waals surface area contributed by atoms with Gasteiger partial charge in [-0.3, -0.25) is 9.59 Å². The molecule has 0 bridgehead atoms. The first kappa shape index (κ1) is 14.3. The van der Waals surface area contributed by atoms with Crippen molar-refractivity contribution in [2.24, 2.45) is 0 Å². The van der Waals surface area contributed by atoms with E-state index in [0.717, 1.165) is 11.5 Å². The highest BCUT2D eigenvalue weighted by atomic mass is 32.1. The van der Waals surface area contributed by atoms with Crippen LogP contribution in [0.3, 0.4) is 0 Å². The summed E-state index contributed by atoms with van der Waals surface area (Å²) in [7, 11) is 0. The van der Waals surface area contributed by atoms with Crippen LogP contribution < -0.4 is 0 Å². The molecule has 0 saturated carbocycles. The van der Waals surface area contributed by atoms with E-state index in [1.165, 1.54) is 4.90 Å². The lowest BCUT2D eigenvalue weighted by molar-refractivity contribution is -0.143. The van der Waals surface area contributed by atoms with E-state index in [1.807, 2.05) is 0 Å². The molecule has 0 aromatic carbocycles. The number of nitrogens with zero attached hydrogens (tertiary/aromatic N) is 3. The molecular formula is C11H15N3O3S. The zero-order valence-corrected chi connectivity index (χ0v) is 11.2. The summed E-state index contributed by atoms with van der Waals surface area (Å²) in [6.45, 7) is 7.44. The Balaban J connectivity index is 2.78. The van der Waals surface area contributed by atoms with Gasteiger partial charge < -0.3 is 9.64 Å². The van der Waals surface area contributed by atoms with Crippen molar-refractivity contribution < 1.29 is 14.3 Å². The molecule has 0 unspecified atom stereocenters. The number of rotatable bonds is 6. The van der Waals surface area contributed by atoms with Crippen molar-refractivity contribution in [3.63, 3.8) is 0 Å². The van der Waals surface area contributed by atoms with E-state index in [0.29, 0.717) is 10.6 Å². The second-order valence-electron chi connectivity index (χ2n) is 3.47. The van der Waals surface area contributed by atoms with Crippen LogP contribution >= 0.6 is 11.5 Å². The van der Waals surface area contributed by atoms with E-state index < -0.39 is 5.97 Å². The monoisotopic (exact) mass is 269 g/mol. The summed E-state index contributed by atoms with van der Waals surface area (Å²) >= 11 is 1.01. The molecule has 1 rings (SSSR count). The minimum Gasteiger partial charge on any atom is -0.465 e. The normalized spacial score (nSPS) is 9.89. The van der Waals surface area contributed by atoms with Crippen LogP contribution in [0.25, 0.3) is 0 Å². The fraction of sp³-hybridized carbons (Fsp3) is 0.455. The lowest BCUT2D eigenvalue weighted by Gasteiger charge is -2.19. The Morgan fingerprint density at radius 2 is 2.28 bits per heavy atom. The van der Waals surface area contributed by atoms with Gasteiger partial charge in [0.15, 0.2) is 0 Å². The summed E-state index contributed by atoms with van der Waals surface area (Å²) in [6.07, 6.45) is 1.56. The highest BCUT2D eigenvalue weighted by Crippen LogP contribution is 2.12. The third kappa shape index (κ3) is 3.63. The number of amides is 1. The van der Waals surface area contributed by atoms with E-state index in [9.17, 15) is 9.59 Å². The number of hydrogen-bond acceptors (Lipinski definition) is 6. The van der Waals surface area contributed by atoms with Crippen molar-refractivity contribution in [1.82, 2.24) is 14.5 Å². The molecule has 6 nitrogen and oxygen atoms in total. The van der Waals surface area contributed by atoms with Gasteiger partial charge in [-0.2, -0.15) is 0 Å². The van der Waals surface area contributed by atoms with Gasteiger partial charge in [-0.1, -0.05) is 10.6 Å². The standard InChI is InChI=1S/C11H15N3O3S/c1-4-6-14(7-9(15)17-5-2)11(16)10-8(3)12-13-18-10/h4H,1,5-7H2,2-3H3. The van der Waals surface area contributed by atoms with Gasteiger partial charge >= 0.3 is 5.97 Å². The predicted molar refractivity (Wildman–Crippen MR) is 67.4 cm³/mol. The topological polar surface area (TPSA) is 72.4 Å². The number of aromatic nitrogens is 2. The van der Waals surface area contributed by atoms with Crippen molar-refractivity contribution in [2.45, 2.75) is 13.8 Å². The molecule has 0 N–H and O–H groups in total. The first-order chi connectivity index (χ1) is 8.60. The fourth-order valence-corrected chi connectivity index (χ4v) is 1.93. The van der Waals surface area contributed by atoms with Crippen molar-refractivity contribution in [2.75, 3.05) is 19.7 Å². The van der Waals surface area contributed by atoms with E-state index in [1.54, 1.807) is 19.9 Å².